The van der Waals surface area contributed by atoms with Crippen molar-refractivity contribution in [2.24, 2.45) is 0 Å². The highest BCUT2D eigenvalue weighted by Gasteiger charge is 2.14. The van der Waals surface area contributed by atoms with Gasteiger partial charge in [-0.1, -0.05) is 6.07 Å². The van der Waals surface area contributed by atoms with Crippen LogP contribution in [-0.4, -0.2) is 35.8 Å². The van der Waals surface area contributed by atoms with Gasteiger partial charge in [0.2, 0.25) is 5.95 Å². The van der Waals surface area contributed by atoms with E-state index in [1.807, 2.05) is 0 Å². The maximum absolute atomic E-state index is 12.2. The Morgan fingerprint density at radius 2 is 2.09 bits per heavy atom. The van der Waals surface area contributed by atoms with E-state index in [4.69, 9.17) is 4.42 Å². The molecular weight excluding hydrogens is 320 g/mol. The number of nitrogens with one attached hydrogen (secondary N) is 2. The number of carbonyl (C=O) groups excluding carboxylic acids is 1. The Balaban J connectivity index is 1.80. The van der Waals surface area contributed by atoms with Crippen molar-refractivity contribution in [3.05, 3.63) is 48.2 Å². The van der Waals surface area contributed by atoms with Crippen molar-refractivity contribution in [1.29, 1.82) is 0 Å². The van der Waals surface area contributed by atoms with Crippen LogP contribution >= 0.6 is 0 Å². The average molecular weight is 332 g/mol. The number of aromatic amines is 1. The van der Waals surface area contributed by atoms with Crippen LogP contribution in [-0.2, 0) is 9.84 Å². The van der Waals surface area contributed by atoms with Gasteiger partial charge in [-0.05, 0) is 30.3 Å². The molecule has 1 amide bonds. The van der Waals surface area contributed by atoms with Gasteiger partial charge in [-0.3, -0.25) is 15.2 Å². The molecule has 0 spiro atoms. The van der Waals surface area contributed by atoms with Crippen LogP contribution in [0.3, 0.4) is 0 Å². The van der Waals surface area contributed by atoms with E-state index in [1.54, 1.807) is 12.1 Å². The van der Waals surface area contributed by atoms with Crippen molar-refractivity contribution < 1.29 is 17.6 Å². The zero-order valence-corrected chi connectivity index (χ0v) is 12.8. The van der Waals surface area contributed by atoms with Gasteiger partial charge in [0.15, 0.2) is 21.4 Å². The smallest absolute Gasteiger partial charge is 0.258 e. The maximum atomic E-state index is 12.2. The molecule has 0 unspecified atom stereocenters. The van der Waals surface area contributed by atoms with Crippen molar-refractivity contribution in [3.63, 3.8) is 0 Å². The Bertz CT molecular complexity index is 945. The Morgan fingerprint density at radius 3 is 2.78 bits per heavy atom. The molecule has 3 rings (SSSR count). The first-order chi connectivity index (χ1) is 10.9. The van der Waals surface area contributed by atoms with E-state index in [2.05, 4.69) is 20.5 Å². The number of aromatic nitrogens is 3. The second kappa shape index (κ2) is 5.69. The van der Waals surface area contributed by atoms with Crippen LogP contribution in [0.4, 0.5) is 5.95 Å². The predicted molar refractivity (Wildman–Crippen MR) is 81.6 cm³/mol. The van der Waals surface area contributed by atoms with Gasteiger partial charge < -0.3 is 4.42 Å². The topological polar surface area (TPSA) is 118 Å². The molecule has 2 heterocycles. The quantitative estimate of drug-likeness (QED) is 0.751. The van der Waals surface area contributed by atoms with E-state index >= 15 is 0 Å². The van der Waals surface area contributed by atoms with E-state index in [1.165, 1.54) is 30.5 Å². The molecular formula is C14H12N4O4S. The first-order valence-corrected chi connectivity index (χ1v) is 8.40. The second-order valence-electron chi connectivity index (χ2n) is 4.74. The molecule has 8 nitrogen and oxygen atoms in total. The average Bonchev–Trinajstić information content (AvgIpc) is 3.17. The predicted octanol–water partition coefficient (Wildman–Crippen LogP) is 1.72. The number of amides is 1. The summed E-state index contributed by atoms with van der Waals surface area (Å²) in [5, 5.41) is 8.99. The van der Waals surface area contributed by atoms with Crippen molar-refractivity contribution in [3.8, 4) is 11.6 Å². The summed E-state index contributed by atoms with van der Waals surface area (Å²) >= 11 is 0. The molecule has 118 valence electrons. The number of carbonyl (C=O) groups is 1. The number of H-pyrrole nitrogens is 1. The fraction of sp³-hybridized carbons (Fsp3) is 0.0714. The number of benzene rings is 1. The molecule has 0 saturated carbocycles. The summed E-state index contributed by atoms with van der Waals surface area (Å²) in [5.74, 6) is 0.402. The van der Waals surface area contributed by atoms with Gasteiger partial charge in [0.25, 0.3) is 5.91 Å². The van der Waals surface area contributed by atoms with E-state index in [-0.39, 0.29) is 16.4 Å². The summed E-state index contributed by atoms with van der Waals surface area (Å²) < 4.78 is 28.2. The first kappa shape index (κ1) is 15.0. The van der Waals surface area contributed by atoms with Gasteiger partial charge in [-0.15, -0.1) is 5.10 Å². The third-order valence-electron chi connectivity index (χ3n) is 2.99. The minimum Gasteiger partial charge on any atom is -0.461 e. The van der Waals surface area contributed by atoms with E-state index in [0.717, 1.165) is 6.26 Å². The highest BCUT2D eigenvalue weighted by atomic mass is 32.2. The van der Waals surface area contributed by atoms with E-state index < -0.39 is 15.7 Å². The number of furan rings is 1. The van der Waals surface area contributed by atoms with Crippen LogP contribution in [0.1, 0.15) is 10.4 Å². The number of hydrogen-bond donors (Lipinski definition) is 2. The van der Waals surface area contributed by atoms with Gasteiger partial charge in [-0.2, -0.15) is 4.98 Å². The standard InChI is InChI=1S/C14H12N4O4S/c1-23(20,21)10-5-2-4-9(8-10)13(19)16-14-15-12(17-18-14)11-6-3-7-22-11/h2-8H,1H3,(H2,15,16,17,18,19). The summed E-state index contributed by atoms with van der Waals surface area (Å²) in [7, 11) is -3.39. The molecule has 2 aromatic heterocycles. The number of anilines is 1. The molecule has 0 bridgehead atoms. The van der Waals surface area contributed by atoms with Crippen LogP contribution in [0.25, 0.3) is 11.6 Å². The van der Waals surface area contributed by atoms with Crippen LogP contribution in [0, 0.1) is 0 Å². The molecule has 2 N–H and O–H groups in total. The van der Waals surface area contributed by atoms with Gasteiger partial charge >= 0.3 is 0 Å². The SMILES string of the molecule is CS(=O)(=O)c1cccc(C(=O)Nc2n[nH]c(-c3ccco3)n2)c1. The van der Waals surface area contributed by atoms with Gasteiger partial charge in [-0.25, -0.2) is 8.42 Å². The summed E-state index contributed by atoms with van der Waals surface area (Å²) in [5.41, 5.74) is 0.192. The van der Waals surface area contributed by atoms with Crippen molar-refractivity contribution in [2.45, 2.75) is 4.90 Å². The van der Waals surface area contributed by atoms with Gasteiger partial charge in [0.1, 0.15) is 0 Å². The highest BCUT2D eigenvalue weighted by Crippen LogP contribution is 2.17. The molecule has 0 aliphatic carbocycles. The van der Waals surface area contributed by atoms with Crippen LogP contribution in [0.5, 0.6) is 0 Å². The van der Waals surface area contributed by atoms with E-state index in [9.17, 15) is 13.2 Å². The maximum Gasteiger partial charge on any atom is 0.258 e. The van der Waals surface area contributed by atoms with Crippen molar-refractivity contribution in [2.75, 3.05) is 11.6 Å². The first-order valence-electron chi connectivity index (χ1n) is 6.51. The summed E-state index contributed by atoms with van der Waals surface area (Å²) in [6, 6.07) is 9.12. The Labute approximate surface area is 131 Å². The number of rotatable bonds is 4. The van der Waals surface area contributed by atoms with Crippen LogP contribution in [0.15, 0.2) is 52.0 Å². The Morgan fingerprint density at radius 1 is 1.26 bits per heavy atom. The summed E-state index contributed by atoms with van der Waals surface area (Å²) in [6.07, 6.45) is 2.57. The lowest BCUT2D eigenvalue weighted by molar-refractivity contribution is 0.102. The fourth-order valence-electron chi connectivity index (χ4n) is 1.88. The Kier molecular flexibility index (Phi) is 3.70. The monoisotopic (exact) mass is 332 g/mol. The number of nitrogens with zero attached hydrogens (tertiary/aromatic N) is 2. The molecule has 1 aromatic carbocycles. The normalized spacial score (nSPS) is 11.3. The largest absolute Gasteiger partial charge is 0.461 e. The molecule has 0 radical (unpaired) electrons. The molecule has 0 aliphatic heterocycles. The molecule has 3 aromatic rings. The second-order valence-corrected chi connectivity index (χ2v) is 6.75. The van der Waals surface area contributed by atoms with Gasteiger partial charge in [0, 0.05) is 11.8 Å². The molecule has 0 atom stereocenters. The third-order valence-corrected chi connectivity index (χ3v) is 4.10. The van der Waals surface area contributed by atoms with Crippen LogP contribution in [0.2, 0.25) is 0 Å². The van der Waals surface area contributed by atoms with Crippen molar-refractivity contribution >= 4 is 21.7 Å². The number of sulfone groups is 1. The lowest BCUT2D eigenvalue weighted by Gasteiger charge is -2.03. The highest BCUT2D eigenvalue weighted by molar-refractivity contribution is 7.90. The van der Waals surface area contributed by atoms with E-state index in [0.29, 0.717) is 11.6 Å². The minimum atomic E-state index is -3.39. The molecule has 23 heavy (non-hydrogen) atoms. The number of hydrogen-bond acceptors (Lipinski definition) is 6. The zero-order chi connectivity index (χ0) is 16.4. The van der Waals surface area contributed by atoms with Gasteiger partial charge in [0.05, 0.1) is 11.2 Å². The third kappa shape index (κ3) is 3.29. The molecule has 0 aliphatic rings. The Hall–Kier alpha value is -2.94. The minimum absolute atomic E-state index is 0.0613. The fourth-order valence-corrected chi connectivity index (χ4v) is 2.55. The molecule has 0 saturated heterocycles. The lowest BCUT2D eigenvalue weighted by atomic mass is 10.2. The van der Waals surface area contributed by atoms with Crippen LogP contribution < -0.4 is 5.32 Å². The zero-order valence-electron chi connectivity index (χ0n) is 12.0. The molecule has 0 fully saturated rings. The summed E-state index contributed by atoms with van der Waals surface area (Å²) in [6.45, 7) is 0. The lowest BCUT2D eigenvalue weighted by Crippen LogP contribution is -2.13. The molecule has 9 heteroatoms. The summed E-state index contributed by atoms with van der Waals surface area (Å²) in [4.78, 5) is 16.3. The van der Waals surface area contributed by atoms with Crippen molar-refractivity contribution in [1.82, 2.24) is 15.2 Å².